The minimum absolute atomic E-state index is 0.124. The molecule has 0 spiro atoms. The van der Waals surface area contributed by atoms with Gasteiger partial charge in [0, 0.05) is 18.8 Å². The number of morpholine rings is 1. The Morgan fingerprint density at radius 1 is 1.03 bits per heavy atom. The number of ether oxygens (including phenoxy) is 2. The summed E-state index contributed by atoms with van der Waals surface area (Å²) in [6.45, 7) is 6.23. The molecule has 0 unspecified atom stereocenters. The van der Waals surface area contributed by atoms with Crippen LogP contribution in [0.25, 0.3) is 0 Å². The van der Waals surface area contributed by atoms with E-state index in [0.29, 0.717) is 30.0 Å². The monoisotopic (exact) mass is 446 g/mol. The first-order valence-corrected chi connectivity index (χ1v) is 11.3. The lowest BCUT2D eigenvalue weighted by Crippen LogP contribution is -2.40. The van der Waals surface area contributed by atoms with Crippen molar-refractivity contribution in [3.8, 4) is 0 Å². The van der Waals surface area contributed by atoms with Gasteiger partial charge in [0.05, 0.1) is 23.7 Å². The molecule has 8 nitrogen and oxygen atoms in total. The van der Waals surface area contributed by atoms with Crippen molar-refractivity contribution in [2.45, 2.75) is 25.7 Å². The molecule has 1 heterocycles. The SMILES string of the molecule is Cc1cc(C)cc(C(=O)OCC(=O)Nc2ccc(C)c(S(=O)(=O)N3CCOCC3)c2)c1. The molecule has 166 valence electrons. The number of aryl methyl sites for hydroxylation is 3. The van der Waals surface area contributed by atoms with Crippen molar-refractivity contribution in [3.63, 3.8) is 0 Å². The van der Waals surface area contributed by atoms with Crippen LogP contribution < -0.4 is 5.32 Å². The molecule has 0 atom stereocenters. The molecule has 0 aliphatic carbocycles. The number of nitrogens with one attached hydrogen (secondary N) is 1. The second kappa shape index (κ2) is 9.59. The molecule has 0 aromatic heterocycles. The largest absolute Gasteiger partial charge is 0.452 e. The Kier molecular flexibility index (Phi) is 7.09. The Morgan fingerprint density at radius 3 is 2.32 bits per heavy atom. The standard InChI is InChI=1S/C22H26N2O6S/c1-15-10-16(2)12-18(11-15)22(26)30-14-21(25)23-19-5-4-17(3)20(13-19)31(27,28)24-6-8-29-9-7-24/h4-5,10-13H,6-9,14H2,1-3H3,(H,23,25). The van der Waals surface area contributed by atoms with Crippen LogP contribution in [-0.4, -0.2) is 57.5 Å². The normalized spacial score (nSPS) is 14.8. The molecule has 0 saturated carbocycles. The quantitative estimate of drug-likeness (QED) is 0.684. The van der Waals surface area contributed by atoms with E-state index >= 15 is 0 Å². The molecule has 3 rings (SSSR count). The van der Waals surface area contributed by atoms with Crippen LogP contribution in [0.2, 0.25) is 0 Å². The van der Waals surface area contributed by atoms with Crippen LogP contribution in [0.4, 0.5) is 5.69 Å². The number of anilines is 1. The summed E-state index contributed by atoms with van der Waals surface area (Å²) in [6.07, 6.45) is 0. The highest BCUT2D eigenvalue weighted by molar-refractivity contribution is 7.89. The molecule has 1 saturated heterocycles. The summed E-state index contributed by atoms with van der Waals surface area (Å²) in [5.41, 5.74) is 3.10. The molecular formula is C22H26N2O6S. The molecule has 1 fully saturated rings. The van der Waals surface area contributed by atoms with E-state index in [0.717, 1.165) is 11.1 Å². The van der Waals surface area contributed by atoms with Gasteiger partial charge in [-0.05, 0) is 50.6 Å². The Balaban J connectivity index is 1.66. The number of hydrogen-bond acceptors (Lipinski definition) is 6. The molecule has 1 amide bonds. The van der Waals surface area contributed by atoms with Gasteiger partial charge >= 0.3 is 5.97 Å². The third-order valence-electron chi connectivity index (χ3n) is 4.85. The number of carbonyl (C=O) groups is 2. The van der Waals surface area contributed by atoms with Crippen molar-refractivity contribution in [1.82, 2.24) is 4.31 Å². The van der Waals surface area contributed by atoms with Crippen LogP contribution in [0, 0.1) is 20.8 Å². The van der Waals surface area contributed by atoms with Crippen molar-refractivity contribution < 1.29 is 27.5 Å². The summed E-state index contributed by atoms with van der Waals surface area (Å²) in [6, 6.07) is 9.97. The van der Waals surface area contributed by atoms with Gasteiger partial charge in [-0.2, -0.15) is 4.31 Å². The fourth-order valence-corrected chi connectivity index (χ4v) is 5.04. The van der Waals surface area contributed by atoms with Crippen LogP contribution in [0.15, 0.2) is 41.3 Å². The van der Waals surface area contributed by atoms with Gasteiger partial charge in [-0.1, -0.05) is 23.3 Å². The van der Waals surface area contributed by atoms with E-state index in [2.05, 4.69) is 5.32 Å². The number of carbonyl (C=O) groups excluding carboxylic acids is 2. The van der Waals surface area contributed by atoms with Crippen molar-refractivity contribution in [1.29, 1.82) is 0 Å². The van der Waals surface area contributed by atoms with E-state index in [1.807, 2.05) is 19.9 Å². The maximum Gasteiger partial charge on any atom is 0.338 e. The first-order chi connectivity index (χ1) is 14.7. The number of esters is 1. The molecule has 2 aromatic rings. The zero-order valence-electron chi connectivity index (χ0n) is 17.8. The lowest BCUT2D eigenvalue weighted by atomic mass is 10.1. The van der Waals surface area contributed by atoms with Crippen molar-refractivity contribution in [2.75, 3.05) is 38.2 Å². The van der Waals surface area contributed by atoms with E-state index < -0.39 is 28.5 Å². The Bertz CT molecular complexity index is 1070. The van der Waals surface area contributed by atoms with Gasteiger partial charge in [0.2, 0.25) is 10.0 Å². The number of rotatable bonds is 6. The van der Waals surface area contributed by atoms with Gasteiger partial charge in [-0.3, -0.25) is 4.79 Å². The Hall–Kier alpha value is -2.75. The molecular weight excluding hydrogens is 420 g/mol. The van der Waals surface area contributed by atoms with E-state index in [1.165, 1.54) is 10.4 Å². The minimum Gasteiger partial charge on any atom is -0.452 e. The number of nitrogens with zero attached hydrogens (tertiary/aromatic N) is 1. The zero-order chi connectivity index (χ0) is 22.6. The lowest BCUT2D eigenvalue weighted by Gasteiger charge is -2.26. The van der Waals surface area contributed by atoms with E-state index in [4.69, 9.17) is 9.47 Å². The van der Waals surface area contributed by atoms with Gasteiger partial charge in [0.25, 0.3) is 5.91 Å². The van der Waals surface area contributed by atoms with Gasteiger partial charge in [0.15, 0.2) is 6.61 Å². The lowest BCUT2D eigenvalue weighted by molar-refractivity contribution is -0.119. The highest BCUT2D eigenvalue weighted by atomic mass is 32.2. The first kappa shape index (κ1) is 22.9. The van der Waals surface area contributed by atoms with E-state index in [-0.39, 0.29) is 18.0 Å². The van der Waals surface area contributed by atoms with Crippen LogP contribution in [0.5, 0.6) is 0 Å². The highest BCUT2D eigenvalue weighted by Crippen LogP contribution is 2.24. The Morgan fingerprint density at radius 2 is 1.68 bits per heavy atom. The number of amides is 1. The molecule has 1 aliphatic heterocycles. The maximum atomic E-state index is 13.0. The summed E-state index contributed by atoms with van der Waals surface area (Å²) < 4.78 is 37.6. The van der Waals surface area contributed by atoms with Gasteiger partial charge in [-0.15, -0.1) is 0 Å². The number of sulfonamides is 1. The molecule has 9 heteroatoms. The first-order valence-electron chi connectivity index (χ1n) is 9.90. The molecule has 31 heavy (non-hydrogen) atoms. The topological polar surface area (TPSA) is 102 Å². The molecule has 0 radical (unpaired) electrons. The van der Waals surface area contributed by atoms with Crippen molar-refractivity contribution in [3.05, 3.63) is 58.7 Å². The third kappa shape index (κ3) is 5.69. The minimum atomic E-state index is -3.70. The predicted octanol–water partition coefficient (Wildman–Crippen LogP) is 2.43. The number of benzene rings is 2. The second-order valence-electron chi connectivity index (χ2n) is 7.50. The van der Waals surface area contributed by atoms with Crippen LogP contribution in [0.1, 0.15) is 27.0 Å². The Labute approximate surface area is 182 Å². The van der Waals surface area contributed by atoms with E-state index in [1.54, 1.807) is 31.2 Å². The summed E-state index contributed by atoms with van der Waals surface area (Å²) in [5.74, 6) is -1.15. The molecule has 1 aliphatic rings. The average Bonchev–Trinajstić information content (AvgIpc) is 2.73. The highest BCUT2D eigenvalue weighted by Gasteiger charge is 2.28. The summed E-state index contributed by atoms with van der Waals surface area (Å²) in [5, 5.41) is 2.59. The number of hydrogen-bond donors (Lipinski definition) is 1. The van der Waals surface area contributed by atoms with Crippen LogP contribution >= 0.6 is 0 Å². The smallest absolute Gasteiger partial charge is 0.338 e. The zero-order valence-corrected chi connectivity index (χ0v) is 18.6. The maximum absolute atomic E-state index is 13.0. The molecule has 2 aromatic carbocycles. The van der Waals surface area contributed by atoms with Gasteiger partial charge < -0.3 is 14.8 Å². The third-order valence-corrected chi connectivity index (χ3v) is 6.89. The van der Waals surface area contributed by atoms with Crippen LogP contribution in [-0.2, 0) is 24.3 Å². The second-order valence-corrected chi connectivity index (χ2v) is 9.40. The fourth-order valence-electron chi connectivity index (χ4n) is 3.39. The predicted molar refractivity (Wildman–Crippen MR) is 116 cm³/mol. The van der Waals surface area contributed by atoms with Gasteiger partial charge in [0.1, 0.15) is 0 Å². The average molecular weight is 447 g/mol. The summed E-state index contributed by atoms with van der Waals surface area (Å²) in [7, 11) is -3.70. The van der Waals surface area contributed by atoms with Gasteiger partial charge in [-0.25, -0.2) is 13.2 Å². The van der Waals surface area contributed by atoms with E-state index in [9.17, 15) is 18.0 Å². The van der Waals surface area contributed by atoms with Crippen molar-refractivity contribution >= 4 is 27.6 Å². The molecule has 1 N–H and O–H groups in total. The fraction of sp³-hybridized carbons (Fsp3) is 0.364. The molecule has 0 bridgehead atoms. The van der Waals surface area contributed by atoms with Crippen molar-refractivity contribution in [2.24, 2.45) is 0 Å². The summed E-state index contributed by atoms with van der Waals surface area (Å²) in [4.78, 5) is 24.6. The summed E-state index contributed by atoms with van der Waals surface area (Å²) >= 11 is 0. The van der Waals surface area contributed by atoms with Crippen LogP contribution in [0.3, 0.4) is 0 Å².